The van der Waals surface area contributed by atoms with E-state index in [0.29, 0.717) is 12.1 Å². The van der Waals surface area contributed by atoms with E-state index in [1.54, 1.807) is 0 Å². The fraction of sp³-hybridized carbons (Fsp3) is 0.625. The van der Waals surface area contributed by atoms with Crippen LogP contribution in [0, 0.1) is 0 Å². The van der Waals surface area contributed by atoms with E-state index in [1.165, 1.54) is 44.5 Å². The molecule has 2 rings (SSSR count). The summed E-state index contributed by atoms with van der Waals surface area (Å²) in [6, 6.07) is 12.1. The molecule has 2 atom stereocenters. The Labute approximate surface area is 111 Å². The molecule has 18 heavy (non-hydrogen) atoms. The zero-order valence-electron chi connectivity index (χ0n) is 11.7. The lowest BCUT2D eigenvalue weighted by Gasteiger charge is -2.30. The molecule has 0 saturated carbocycles. The van der Waals surface area contributed by atoms with Crippen LogP contribution in [0.5, 0.6) is 0 Å². The van der Waals surface area contributed by atoms with Gasteiger partial charge in [-0.2, -0.15) is 0 Å². The van der Waals surface area contributed by atoms with Crippen molar-refractivity contribution in [2.24, 2.45) is 0 Å². The molecule has 2 unspecified atom stereocenters. The highest BCUT2D eigenvalue weighted by molar-refractivity contribution is 5.18. The molecule has 1 heterocycles. The maximum atomic E-state index is 3.68. The second-order valence-electron chi connectivity index (χ2n) is 5.37. The first-order chi connectivity index (χ1) is 8.81. The summed E-state index contributed by atoms with van der Waals surface area (Å²) in [6.45, 7) is 8.18. The summed E-state index contributed by atoms with van der Waals surface area (Å²) < 4.78 is 0. The van der Waals surface area contributed by atoms with Gasteiger partial charge in [0.05, 0.1) is 0 Å². The van der Waals surface area contributed by atoms with Gasteiger partial charge in [0.2, 0.25) is 0 Å². The minimum absolute atomic E-state index is 0.533. The van der Waals surface area contributed by atoms with Crippen molar-refractivity contribution in [3.8, 4) is 0 Å². The van der Waals surface area contributed by atoms with E-state index >= 15 is 0 Å². The second-order valence-corrected chi connectivity index (χ2v) is 5.37. The van der Waals surface area contributed by atoms with Crippen LogP contribution in [-0.4, -0.2) is 30.6 Å². The maximum Gasteiger partial charge on any atom is 0.0320 e. The number of nitrogens with one attached hydrogen (secondary N) is 1. The predicted molar refractivity (Wildman–Crippen MR) is 77.7 cm³/mol. The molecule has 1 aliphatic heterocycles. The lowest BCUT2D eigenvalue weighted by molar-refractivity contribution is 0.203. The highest BCUT2D eigenvalue weighted by atomic mass is 15.2. The smallest absolute Gasteiger partial charge is 0.0320 e. The van der Waals surface area contributed by atoms with Gasteiger partial charge < -0.3 is 5.32 Å². The van der Waals surface area contributed by atoms with E-state index in [9.17, 15) is 0 Å². The van der Waals surface area contributed by atoms with Crippen molar-refractivity contribution >= 4 is 0 Å². The SMILES string of the molecule is CCCC1CN(C(C)c2ccccc2)CCCN1. The molecule has 2 nitrogen and oxygen atoms in total. The number of rotatable bonds is 4. The number of nitrogens with zero attached hydrogens (tertiary/aromatic N) is 1. The molecule has 0 amide bonds. The molecule has 1 aromatic carbocycles. The Morgan fingerprint density at radius 2 is 2.11 bits per heavy atom. The van der Waals surface area contributed by atoms with Crippen molar-refractivity contribution in [1.82, 2.24) is 10.2 Å². The molecule has 1 fully saturated rings. The Kier molecular flexibility index (Phi) is 5.21. The van der Waals surface area contributed by atoms with E-state index in [1.807, 2.05) is 0 Å². The van der Waals surface area contributed by atoms with Gasteiger partial charge in [-0.25, -0.2) is 0 Å². The fourth-order valence-corrected chi connectivity index (χ4v) is 2.86. The van der Waals surface area contributed by atoms with Crippen molar-refractivity contribution < 1.29 is 0 Å². The van der Waals surface area contributed by atoms with Crippen LogP contribution < -0.4 is 5.32 Å². The highest BCUT2D eigenvalue weighted by Crippen LogP contribution is 2.21. The molecule has 1 N–H and O–H groups in total. The Balaban J connectivity index is 2.02. The van der Waals surface area contributed by atoms with Gasteiger partial charge in [0.1, 0.15) is 0 Å². The lowest BCUT2D eigenvalue weighted by atomic mass is 10.1. The van der Waals surface area contributed by atoms with Gasteiger partial charge in [-0.3, -0.25) is 4.90 Å². The monoisotopic (exact) mass is 246 g/mol. The topological polar surface area (TPSA) is 15.3 Å². The van der Waals surface area contributed by atoms with E-state index < -0.39 is 0 Å². The van der Waals surface area contributed by atoms with Crippen molar-refractivity contribution in [3.05, 3.63) is 35.9 Å². The average molecular weight is 246 g/mol. The first kappa shape index (κ1) is 13.6. The van der Waals surface area contributed by atoms with Crippen molar-refractivity contribution in [2.45, 2.75) is 45.2 Å². The number of benzene rings is 1. The van der Waals surface area contributed by atoms with Crippen molar-refractivity contribution in [1.29, 1.82) is 0 Å². The summed E-state index contributed by atoms with van der Waals surface area (Å²) in [5, 5.41) is 3.68. The predicted octanol–water partition coefficient (Wildman–Crippen LogP) is 3.21. The van der Waals surface area contributed by atoms with Gasteiger partial charge in [0.15, 0.2) is 0 Å². The van der Waals surface area contributed by atoms with Gasteiger partial charge in [0.25, 0.3) is 0 Å². The Morgan fingerprint density at radius 3 is 2.83 bits per heavy atom. The molecule has 1 aromatic rings. The Morgan fingerprint density at radius 1 is 1.33 bits per heavy atom. The van der Waals surface area contributed by atoms with Crippen LogP contribution in [0.2, 0.25) is 0 Å². The second kappa shape index (κ2) is 6.91. The molecule has 1 aliphatic rings. The number of hydrogen-bond donors (Lipinski definition) is 1. The summed E-state index contributed by atoms with van der Waals surface area (Å²) in [5.74, 6) is 0. The van der Waals surface area contributed by atoms with Crippen LogP contribution in [-0.2, 0) is 0 Å². The molecule has 0 spiro atoms. The Bertz CT molecular complexity index is 336. The zero-order chi connectivity index (χ0) is 12.8. The van der Waals surface area contributed by atoms with Crippen molar-refractivity contribution in [3.63, 3.8) is 0 Å². The molecule has 0 radical (unpaired) electrons. The first-order valence-electron chi connectivity index (χ1n) is 7.33. The quantitative estimate of drug-likeness (QED) is 0.877. The van der Waals surface area contributed by atoms with Crippen LogP contribution in [0.3, 0.4) is 0 Å². The van der Waals surface area contributed by atoms with Gasteiger partial charge >= 0.3 is 0 Å². The largest absolute Gasteiger partial charge is 0.313 e. The average Bonchev–Trinajstić information content (AvgIpc) is 2.65. The van der Waals surface area contributed by atoms with Gasteiger partial charge in [-0.15, -0.1) is 0 Å². The van der Waals surface area contributed by atoms with E-state index in [4.69, 9.17) is 0 Å². The van der Waals surface area contributed by atoms with Crippen LogP contribution in [0.1, 0.15) is 44.7 Å². The van der Waals surface area contributed by atoms with Crippen LogP contribution in [0.4, 0.5) is 0 Å². The third kappa shape index (κ3) is 3.56. The summed E-state index contributed by atoms with van der Waals surface area (Å²) in [5.41, 5.74) is 1.44. The lowest BCUT2D eigenvalue weighted by Crippen LogP contribution is -2.38. The van der Waals surface area contributed by atoms with E-state index in [0.717, 1.165) is 0 Å². The number of hydrogen-bond acceptors (Lipinski definition) is 2. The van der Waals surface area contributed by atoms with E-state index in [2.05, 4.69) is 54.4 Å². The van der Waals surface area contributed by atoms with Crippen molar-refractivity contribution in [2.75, 3.05) is 19.6 Å². The first-order valence-corrected chi connectivity index (χ1v) is 7.33. The molecular weight excluding hydrogens is 220 g/mol. The van der Waals surface area contributed by atoms with Gasteiger partial charge in [-0.1, -0.05) is 43.7 Å². The molecule has 100 valence electrons. The molecule has 0 aromatic heterocycles. The molecule has 0 bridgehead atoms. The minimum atomic E-state index is 0.533. The molecule has 0 aliphatic carbocycles. The zero-order valence-corrected chi connectivity index (χ0v) is 11.7. The fourth-order valence-electron chi connectivity index (χ4n) is 2.86. The standard InChI is InChI=1S/C16H26N2/c1-3-8-16-13-18(12-7-11-17-16)14(2)15-9-5-4-6-10-15/h4-6,9-10,14,16-17H,3,7-8,11-13H2,1-2H3. The summed E-state index contributed by atoms with van der Waals surface area (Å²) in [6.07, 6.45) is 3.82. The van der Waals surface area contributed by atoms with E-state index in [-0.39, 0.29) is 0 Å². The molecular formula is C16H26N2. The van der Waals surface area contributed by atoms with Crippen LogP contribution in [0.15, 0.2) is 30.3 Å². The van der Waals surface area contributed by atoms with Gasteiger partial charge in [-0.05, 0) is 31.9 Å². The summed E-state index contributed by atoms with van der Waals surface area (Å²) in [7, 11) is 0. The molecule has 2 heteroatoms. The summed E-state index contributed by atoms with van der Waals surface area (Å²) in [4.78, 5) is 2.63. The third-order valence-electron chi connectivity index (χ3n) is 3.98. The third-order valence-corrected chi connectivity index (χ3v) is 3.98. The van der Waals surface area contributed by atoms with Crippen LogP contribution >= 0.6 is 0 Å². The highest BCUT2D eigenvalue weighted by Gasteiger charge is 2.21. The summed E-state index contributed by atoms with van der Waals surface area (Å²) >= 11 is 0. The Hall–Kier alpha value is -0.860. The maximum absolute atomic E-state index is 3.68. The van der Waals surface area contributed by atoms with Crippen LogP contribution in [0.25, 0.3) is 0 Å². The van der Waals surface area contributed by atoms with Gasteiger partial charge in [0, 0.05) is 25.2 Å². The normalized spacial score (nSPS) is 23.6. The minimum Gasteiger partial charge on any atom is -0.313 e. The molecule has 1 saturated heterocycles.